The molecule has 0 amide bonds. The maximum absolute atomic E-state index is 11.5. The van der Waals surface area contributed by atoms with Gasteiger partial charge in [-0.05, 0) is 19.1 Å². The lowest BCUT2D eigenvalue weighted by atomic mass is 10.1. The molecule has 3 heterocycles. The molecule has 0 bridgehead atoms. The molecule has 3 rings (SSSR count). The molecule has 0 aromatic carbocycles. The second-order valence-corrected chi connectivity index (χ2v) is 3.58. The first-order valence-electron chi connectivity index (χ1n) is 5.03. The highest BCUT2D eigenvalue weighted by molar-refractivity contribution is 5.91. The lowest BCUT2D eigenvalue weighted by Gasteiger charge is -1.99. The number of aromatic nitrogens is 4. The van der Waals surface area contributed by atoms with E-state index in [0.717, 1.165) is 0 Å². The van der Waals surface area contributed by atoms with Crippen molar-refractivity contribution in [1.29, 1.82) is 0 Å². The number of nitrogens with one attached hydrogen (secondary N) is 1. The topological polar surface area (TPSA) is 84.7 Å². The highest BCUT2D eigenvalue weighted by Gasteiger charge is 2.16. The van der Waals surface area contributed by atoms with Crippen molar-refractivity contribution in [3.8, 4) is 11.4 Å². The second-order valence-electron chi connectivity index (χ2n) is 3.58. The fraction of sp³-hybridized carbons (Fsp3) is 0.0909. The molecule has 0 spiro atoms. The molecule has 3 aromatic rings. The highest BCUT2D eigenvalue weighted by atomic mass is 16.5. The van der Waals surface area contributed by atoms with E-state index >= 15 is 0 Å². The summed E-state index contributed by atoms with van der Waals surface area (Å²) in [4.78, 5) is 15.7. The molecular formula is C11H8N4O2. The van der Waals surface area contributed by atoms with E-state index in [1.807, 2.05) is 18.2 Å². The van der Waals surface area contributed by atoms with Crippen LogP contribution in [0.3, 0.4) is 0 Å². The molecule has 1 N–H and O–H groups in total. The number of H-pyrrole nitrogens is 1. The molecule has 0 aliphatic carbocycles. The summed E-state index contributed by atoms with van der Waals surface area (Å²) in [5, 5.41) is 10.7. The van der Waals surface area contributed by atoms with Crippen LogP contribution in [0, 0.1) is 6.92 Å². The van der Waals surface area contributed by atoms with Crippen LogP contribution in [0.1, 0.15) is 5.76 Å². The van der Waals surface area contributed by atoms with Crippen molar-refractivity contribution in [2.75, 3.05) is 0 Å². The van der Waals surface area contributed by atoms with Crippen LogP contribution in [0.25, 0.3) is 22.3 Å². The van der Waals surface area contributed by atoms with E-state index < -0.39 is 0 Å². The largest absolute Gasteiger partial charge is 0.360 e. The number of hydrogen-bond acceptors (Lipinski definition) is 5. The summed E-state index contributed by atoms with van der Waals surface area (Å²) in [5.41, 5.74) is 1.12. The third kappa shape index (κ3) is 1.42. The van der Waals surface area contributed by atoms with E-state index in [4.69, 9.17) is 4.52 Å². The Morgan fingerprint density at radius 2 is 2.24 bits per heavy atom. The van der Waals surface area contributed by atoms with E-state index in [1.54, 1.807) is 13.1 Å². The summed E-state index contributed by atoms with van der Waals surface area (Å²) < 4.78 is 5.02. The molecule has 0 aliphatic heterocycles. The first-order chi connectivity index (χ1) is 8.27. The van der Waals surface area contributed by atoms with Gasteiger partial charge in [0.1, 0.15) is 11.5 Å². The highest BCUT2D eigenvalue weighted by Crippen LogP contribution is 2.24. The van der Waals surface area contributed by atoms with Crippen LogP contribution in [-0.4, -0.2) is 20.3 Å². The van der Waals surface area contributed by atoms with Gasteiger partial charge in [-0.25, -0.2) is 5.10 Å². The molecule has 0 radical (unpaired) electrons. The Bertz CT molecular complexity index is 730. The maximum Gasteiger partial charge on any atom is 0.294 e. The summed E-state index contributed by atoms with van der Waals surface area (Å²) >= 11 is 0. The van der Waals surface area contributed by atoms with Crippen LogP contribution >= 0.6 is 0 Å². The zero-order valence-corrected chi connectivity index (χ0v) is 8.97. The van der Waals surface area contributed by atoms with Gasteiger partial charge in [-0.15, -0.1) is 0 Å². The molecule has 3 aromatic heterocycles. The van der Waals surface area contributed by atoms with Gasteiger partial charge in [0.2, 0.25) is 0 Å². The minimum atomic E-state index is -0.364. The number of fused-ring (bicyclic) bond motifs is 1. The minimum Gasteiger partial charge on any atom is -0.360 e. The number of aryl methyl sites for hydroxylation is 1. The van der Waals surface area contributed by atoms with Crippen molar-refractivity contribution < 1.29 is 4.52 Å². The Labute approximate surface area is 95.3 Å². The first-order valence-corrected chi connectivity index (χ1v) is 5.03. The van der Waals surface area contributed by atoms with Crippen LogP contribution < -0.4 is 5.56 Å². The molecule has 0 atom stereocenters. The monoisotopic (exact) mass is 228 g/mol. The number of nitrogens with zero attached hydrogens (tertiary/aromatic N) is 3. The molecule has 6 heteroatoms. The van der Waals surface area contributed by atoms with Gasteiger partial charge in [-0.1, -0.05) is 11.2 Å². The molecule has 84 valence electrons. The number of hydrogen-bond donors (Lipinski definition) is 1. The first kappa shape index (κ1) is 9.71. The predicted molar refractivity (Wildman–Crippen MR) is 60.4 cm³/mol. The summed E-state index contributed by atoms with van der Waals surface area (Å²) in [6.07, 6.45) is 1.66. The summed E-state index contributed by atoms with van der Waals surface area (Å²) in [5.74, 6) is 0.555. The number of pyridine rings is 1. The average molecular weight is 228 g/mol. The molecule has 0 unspecified atom stereocenters. The van der Waals surface area contributed by atoms with Gasteiger partial charge in [0.05, 0.1) is 11.1 Å². The Kier molecular flexibility index (Phi) is 2.01. The summed E-state index contributed by atoms with van der Waals surface area (Å²) in [6.45, 7) is 1.74. The third-order valence-corrected chi connectivity index (χ3v) is 2.49. The van der Waals surface area contributed by atoms with Crippen molar-refractivity contribution in [2.45, 2.75) is 6.92 Å². The van der Waals surface area contributed by atoms with E-state index in [0.29, 0.717) is 22.5 Å². The second kappa shape index (κ2) is 3.51. The molecule has 17 heavy (non-hydrogen) atoms. The van der Waals surface area contributed by atoms with Crippen molar-refractivity contribution >= 4 is 10.9 Å². The minimum absolute atomic E-state index is 0.248. The zero-order chi connectivity index (χ0) is 11.8. The Hall–Kier alpha value is -2.50. The fourth-order valence-electron chi connectivity index (χ4n) is 1.71. The van der Waals surface area contributed by atoms with Gasteiger partial charge in [-0.3, -0.25) is 9.78 Å². The summed E-state index contributed by atoms with van der Waals surface area (Å²) in [6, 6.07) is 5.48. The molecule has 0 saturated carbocycles. The van der Waals surface area contributed by atoms with E-state index in [-0.39, 0.29) is 11.1 Å². The van der Waals surface area contributed by atoms with Crippen LogP contribution in [0.2, 0.25) is 0 Å². The van der Waals surface area contributed by atoms with Gasteiger partial charge in [0.15, 0.2) is 5.52 Å². The zero-order valence-electron chi connectivity index (χ0n) is 8.97. The molecule has 0 saturated heterocycles. The van der Waals surface area contributed by atoms with Gasteiger partial charge >= 0.3 is 0 Å². The lowest BCUT2D eigenvalue weighted by molar-refractivity contribution is 0.405. The lowest BCUT2D eigenvalue weighted by Crippen LogP contribution is -2.09. The van der Waals surface area contributed by atoms with Crippen LogP contribution in [0.5, 0.6) is 0 Å². The van der Waals surface area contributed by atoms with Gasteiger partial charge in [0.25, 0.3) is 5.56 Å². The van der Waals surface area contributed by atoms with Gasteiger partial charge in [-0.2, -0.15) is 5.10 Å². The Morgan fingerprint density at radius 3 is 3.00 bits per heavy atom. The van der Waals surface area contributed by atoms with Gasteiger partial charge in [0, 0.05) is 6.20 Å². The molecule has 0 aliphatic rings. The SMILES string of the molecule is Cc1onc2c(=O)[nH]nc(-c3ccccn3)c12. The average Bonchev–Trinajstić information content (AvgIpc) is 2.75. The Balaban J connectivity index is 2.42. The van der Waals surface area contributed by atoms with Crippen molar-refractivity contribution in [1.82, 2.24) is 20.3 Å². The molecule has 0 fully saturated rings. The summed E-state index contributed by atoms with van der Waals surface area (Å²) in [7, 11) is 0. The molecule has 6 nitrogen and oxygen atoms in total. The molecular weight excluding hydrogens is 220 g/mol. The number of rotatable bonds is 1. The van der Waals surface area contributed by atoms with Crippen molar-refractivity contribution in [3.05, 3.63) is 40.5 Å². The van der Waals surface area contributed by atoms with Crippen molar-refractivity contribution in [2.24, 2.45) is 0 Å². The normalized spacial score (nSPS) is 10.9. The standard InChI is InChI=1S/C11H8N4O2/c1-6-8-9(7-4-2-3-5-12-7)13-14-11(16)10(8)15-17-6/h2-5H,1H3,(H,14,16). The number of aromatic amines is 1. The van der Waals surface area contributed by atoms with Crippen LogP contribution in [-0.2, 0) is 0 Å². The smallest absolute Gasteiger partial charge is 0.294 e. The maximum atomic E-state index is 11.5. The quantitative estimate of drug-likeness (QED) is 0.678. The van der Waals surface area contributed by atoms with Crippen molar-refractivity contribution in [3.63, 3.8) is 0 Å². The van der Waals surface area contributed by atoms with Crippen LogP contribution in [0.4, 0.5) is 0 Å². The van der Waals surface area contributed by atoms with Gasteiger partial charge < -0.3 is 4.52 Å². The third-order valence-electron chi connectivity index (χ3n) is 2.49. The van der Waals surface area contributed by atoms with E-state index in [9.17, 15) is 4.79 Å². The Morgan fingerprint density at radius 1 is 1.35 bits per heavy atom. The van der Waals surface area contributed by atoms with E-state index in [1.165, 1.54) is 0 Å². The fourth-order valence-corrected chi connectivity index (χ4v) is 1.71. The van der Waals surface area contributed by atoms with Crippen LogP contribution in [0.15, 0.2) is 33.7 Å². The predicted octanol–water partition coefficient (Wildman–Crippen LogP) is 1.28. The van der Waals surface area contributed by atoms with E-state index in [2.05, 4.69) is 20.3 Å².